The molecular formula is C24H46N2O5. The topological polar surface area (TPSA) is 105 Å². The third-order valence-corrected chi connectivity index (χ3v) is 5.52. The second-order valence-corrected chi connectivity index (χ2v) is 8.72. The van der Waals surface area contributed by atoms with Gasteiger partial charge in [0.15, 0.2) is 0 Å². The first kappa shape index (κ1) is 29.4. The molecule has 0 heterocycles. The summed E-state index contributed by atoms with van der Waals surface area (Å²) < 4.78 is 4.49. The van der Waals surface area contributed by atoms with Crippen molar-refractivity contribution in [2.45, 2.75) is 116 Å². The van der Waals surface area contributed by atoms with Crippen LogP contribution in [0.3, 0.4) is 0 Å². The molecule has 0 fully saturated rings. The Morgan fingerprint density at radius 2 is 1.29 bits per heavy atom. The highest BCUT2D eigenvalue weighted by molar-refractivity contribution is 5.90. The fourth-order valence-corrected chi connectivity index (χ4v) is 3.44. The van der Waals surface area contributed by atoms with E-state index < -0.39 is 29.9 Å². The minimum atomic E-state index is -1.13. The lowest BCUT2D eigenvalue weighted by Crippen LogP contribution is -2.52. The molecule has 2 atom stereocenters. The molecule has 0 radical (unpaired) electrons. The number of nitrogens with one attached hydrogen (secondary N) is 2. The van der Waals surface area contributed by atoms with Gasteiger partial charge in [-0.1, -0.05) is 97.8 Å². The third kappa shape index (κ3) is 15.8. The van der Waals surface area contributed by atoms with Gasteiger partial charge in [-0.25, -0.2) is 0 Å². The molecule has 0 saturated carbocycles. The van der Waals surface area contributed by atoms with Crippen LogP contribution in [0.25, 0.3) is 0 Å². The first-order valence-electron chi connectivity index (χ1n) is 12.2. The summed E-state index contributed by atoms with van der Waals surface area (Å²) in [7, 11) is 1.24. The number of rotatable bonds is 19. The van der Waals surface area contributed by atoms with Crippen molar-refractivity contribution in [1.29, 1.82) is 0 Å². The maximum Gasteiger partial charge on any atom is 0.325 e. The van der Waals surface area contributed by atoms with Gasteiger partial charge in [0.05, 0.1) is 7.11 Å². The van der Waals surface area contributed by atoms with Crippen molar-refractivity contribution in [3.63, 3.8) is 0 Å². The lowest BCUT2D eigenvalue weighted by atomic mass is 10.0. The van der Waals surface area contributed by atoms with Crippen molar-refractivity contribution >= 4 is 17.8 Å². The summed E-state index contributed by atoms with van der Waals surface area (Å²) in [6.45, 7) is 5.57. The summed E-state index contributed by atoms with van der Waals surface area (Å²) in [5.74, 6) is -1.75. The van der Waals surface area contributed by atoms with E-state index in [1.54, 1.807) is 13.8 Å². The van der Waals surface area contributed by atoms with Gasteiger partial charge in [-0.2, -0.15) is 0 Å². The predicted octanol–water partition coefficient (Wildman–Crippen LogP) is 3.87. The van der Waals surface area contributed by atoms with Crippen molar-refractivity contribution in [2.24, 2.45) is 5.92 Å². The van der Waals surface area contributed by atoms with Crippen molar-refractivity contribution in [3.8, 4) is 0 Å². The van der Waals surface area contributed by atoms with Crippen LogP contribution in [0.2, 0.25) is 0 Å². The molecule has 0 bridgehead atoms. The lowest BCUT2D eigenvalue weighted by Gasteiger charge is -2.23. The molecule has 0 aliphatic carbocycles. The molecule has 0 aromatic rings. The van der Waals surface area contributed by atoms with Gasteiger partial charge in [0.1, 0.15) is 18.7 Å². The van der Waals surface area contributed by atoms with Gasteiger partial charge in [0.25, 0.3) is 0 Å². The minimum absolute atomic E-state index is 0.180. The SMILES string of the molecule is CCCCCCCCCCCCCCC(O)C(=O)N[C@H](C(=O)NCC(=O)OC)C(C)C. The maximum atomic E-state index is 12.3. The van der Waals surface area contributed by atoms with Gasteiger partial charge in [-0.3, -0.25) is 14.4 Å². The number of aliphatic hydroxyl groups excluding tert-OH is 1. The highest BCUT2D eigenvalue weighted by Gasteiger charge is 2.27. The minimum Gasteiger partial charge on any atom is -0.468 e. The van der Waals surface area contributed by atoms with Crippen LogP contribution in [0.15, 0.2) is 0 Å². The zero-order valence-electron chi connectivity index (χ0n) is 20.2. The number of hydrogen-bond donors (Lipinski definition) is 3. The van der Waals surface area contributed by atoms with E-state index in [0.29, 0.717) is 6.42 Å². The molecule has 0 aromatic heterocycles. The monoisotopic (exact) mass is 442 g/mol. The summed E-state index contributed by atoms with van der Waals surface area (Å²) in [5.41, 5.74) is 0. The summed E-state index contributed by atoms with van der Waals surface area (Å²) in [6.07, 6.45) is 14.0. The molecule has 7 heteroatoms. The Morgan fingerprint density at radius 3 is 1.74 bits per heavy atom. The van der Waals surface area contributed by atoms with E-state index in [2.05, 4.69) is 22.3 Å². The molecule has 7 nitrogen and oxygen atoms in total. The number of esters is 1. The number of hydrogen-bond acceptors (Lipinski definition) is 5. The normalized spacial score (nSPS) is 13.0. The number of methoxy groups -OCH3 is 1. The average Bonchev–Trinajstić information content (AvgIpc) is 2.75. The Morgan fingerprint density at radius 1 is 0.806 bits per heavy atom. The molecule has 182 valence electrons. The van der Waals surface area contributed by atoms with Crippen molar-refractivity contribution in [2.75, 3.05) is 13.7 Å². The Labute approximate surface area is 189 Å². The molecule has 2 amide bonds. The van der Waals surface area contributed by atoms with E-state index in [1.807, 2.05) is 0 Å². The van der Waals surface area contributed by atoms with Gasteiger partial charge in [0.2, 0.25) is 11.8 Å². The summed E-state index contributed by atoms with van der Waals surface area (Å²) in [6, 6.07) is -0.811. The number of carbonyl (C=O) groups excluding carboxylic acids is 3. The molecule has 0 spiro atoms. The Balaban J connectivity index is 3.93. The van der Waals surface area contributed by atoms with Crippen LogP contribution in [0, 0.1) is 5.92 Å². The van der Waals surface area contributed by atoms with Crippen LogP contribution in [-0.2, 0) is 19.1 Å². The number of carbonyl (C=O) groups is 3. The third-order valence-electron chi connectivity index (χ3n) is 5.52. The molecule has 0 rings (SSSR count). The van der Waals surface area contributed by atoms with Crippen molar-refractivity contribution in [3.05, 3.63) is 0 Å². The largest absolute Gasteiger partial charge is 0.468 e. The second kappa shape index (κ2) is 19.1. The Hall–Kier alpha value is -1.63. The standard InChI is InChI=1S/C24H46N2O5/c1-5-6-7-8-9-10-11-12-13-14-15-16-17-20(27)23(29)26-22(19(2)3)24(30)25-18-21(28)31-4/h19-20,22,27H,5-18H2,1-4H3,(H,25,30)(H,26,29)/t20?,22-/m0/s1. The van der Waals surface area contributed by atoms with Crippen molar-refractivity contribution in [1.82, 2.24) is 10.6 Å². The van der Waals surface area contributed by atoms with Gasteiger partial charge >= 0.3 is 5.97 Å². The smallest absolute Gasteiger partial charge is 0.325 e. The number of amides is 2. The highest BCUT2D eigenvalue weighted by atomic mass is 16.5. The van der Waals surface area contributed by atoms with Crippen LogP contribution in [0.1, 0.15) is 104 Å². The number of ether oxygens (including phenoxy) is 1. The highest BCUT2D eigenvalue weighted by Crippen LogP contribution is 2.13. The van der Waals surface area contributed by atoms with Crippen LogP contribution >= 0.6 is 0 Å². The van der Waals surface area contributed by atoms with E-state index in [9.17, 15) is 19.5 Å². The molecule has 31 heavy (non-hydrogen) atoms. The lowest BCUT2D eigenvalue weighted by molar-refractivity contribution is -0.141. The van der Waals surface area contributed by atoms with Crippen LogP contribution < -0.4 is 10.6 Å². The number of unbranched alkanes of at least 4 members (excludes halogenated alkanes) is 11. The molecule has 0 saturated heterocycles. The van der Waals surface area contributed by atoms with E-state index in [1.165, 1.54) is 64.9 Å². The quantitative estimate of drug-likeness (QED) is 0.208. The van der Waals surface area contributed by atoms with E-state index in [4.69, 9.17) is 0 Å². The zero-order valence-corrected chi connectivity index (χ0v) is 20.2. The van der Waals surface area contributed by atoms with Gasteiger partial charge in [-0.15, -0.1) is 0 Å². The zero-order chi connectivity index (χ0) is 23.5. The molecule has 1 unspecified atom stereocenters. The van der Waals surface area contributed by atoms with E-state index >= 15 is 0 Å². The first-order chi connectivity index (χ1) is 14.8. The van der Waals surface area contributed by atoms with Gasteiger partial charge < -0.3 is 20.5 Å². The molecule has 0 aromatic carbocycles. The van der Waals surface area contributed by atoms with Crippen LogP contribution in [-0.4, -0.2) is 48.7 Å². The molecular weight excluding hydrogens is 396 g/mol. The fourth-order valence-electron chi connectivity index (χ4n) is 3.44. The predicted molar refractivity (Wildman–Crippen MR) is 123 cm³/mol. The Bertz CT molecular complexity index is 496. The summed E-state index contributed by atoms with van der Waals surface area (Å²) >= 11 is 0. The maximum absolute atomic E-state index is 12.3. The fraction of sp³-hybridized carbons (Fsp3) is 0.875. The van der Waals surface area contributed by atoms with E-state index in [-0.39, 0.29) is 12.5 Å². The summed E-state index contributed by atoms with van der Waals surface area (Å²) in [4.78, 5) is 35.6. The van der Waals surface area contributed by atoms with Gasteiger partial charge in [0, 0.05) is 0 Å². The average molecular weight is 443 g/mol. The van der Waals surface area contributed by atoms with Crippen molar-refractivity contribution < 1.29 is 24.2 Å². The molecule has 0 aliphatic rings. The molecule has 3 N–H and O–H groups in total. The first-order valence-corrected chi connectivity index (χ1v) is 12.2. The Kier molecular flexibility index (Phi) is 18.1. The summed E-state index contributed by atoms with van der Waals surface area (Å²) in [5, 5.41) is 15.2. The van der Waals surface area contributed by atoms with E-state index in [0.717, 1.165) is 19.3 Å². The van der Waals surface area contributed by atoms with Gasteiger partial charge in [-0.05, 0) is 12.3 Å². The van der Waals surface area contributed by atoms with Crippen LogP contribution in [0.4, 0.5) is 0 Å². The second-order valence-electron chi connectivity index (χ2n) is 8.72. The molecule has 0 aliphatic heterocycles. The number of aliphatic hydroxyl groups is 1. The van der Waals surface area contributed by atoms with Crippen LogP contribution in [0.5, 0.6) is 0 Å².